The van der Waals surface area contributed by atoms with Crippen LogP contribution in [0, 0.1) is 19.7 Å². The molecule has 5 nitrogen and oxygen atoms in total. The summed E-state index contributed by atoms with van der Waals surface area (Å²) in [6, 6.07) is 6.11. The monoisotopic (exact) mass is 347 g/mol. The van der Waals surface area contributed by atoms with Crippen molar-refractivity contribution in [1.82, 2.24) is 15.0 Å². The number of pyridine rings is 1. The summed E-state index contributed by atoms with van der Waals surface area (Å²) in [5.41, 5.74) is 2.23. The fraction of sp³-hybridized carbons (Fsp3) is 0.235. The van der Waals surface area contributed by atoms with Gasteiger partial charge in [0.15, 0.2) is 0 Å². The number of benzene rings is 1. The van der Waals surface area contributed by atoms with Crippen molar-refractivity contribution in [3.8, 4) is 0 Å². The minimum absolute atomic E-state index is 0.0531. The van der Waals surface area contributed by atoms with Gasteiger partial charge in [-0.3, -0.25) is 4.79 Å². The standard InChI is InChI=1S/C17H15ClFN3O2/c1-9-7-11(15-10(2)21-24-16(15)20-9)17(23)22(3)8-12-13(18)5-4-6-14(12)19/h4-7H,8H2,1-3H3. The van der Waals surface area contributed by atoms with E-state index in [0.29, 0.717) is 28.1 Å². The molecule has 24 heavy (non-hydrogen) atoms. The Morgan fingerprint density at radius 3 is 2.83 bits per heavy atom. The average Bonchev–Trinajstić information content (AvgIpc) is 2.90. The smallest absolute Gasteiger partial charge is 0.258 e. The van der Waals surface area contributed by atoms with Crippen molar-refractivity contribution in [1.29, 1.82) is 0 Å². The Hall–Kier alpha value is -2.47. The van der Waals surface area contributed by atoms with Crippen LogP contribution in [0.15, 0.2) is 28.8 Å². The lowest BCUT2D eigenvalue weighted by Crippen LogP contribution is -2.27. The zero-order valence-electron chi connectivity index (χ0n) is 13.4. The summed E-state index contributed by atoms with van der Waals surface area (Å²) in [7, 11) is 1.59. The third-order valence-corrected chi connectivity index (χ3v) is 4.13. The van der Waals surface area contributed by atoms with Crippen molar-refractivity contribution in [3.63, 3.8) is 0 Å². The van der Waals surface area contributed by atoms with Crippen LogP contribution in [0.4, 0.5) is 4.39 Å². The number of amides is 1. The Labute approximate surface area is 143 Å². The van der Waals surface area contributed by atoms with Gasteiger partial charge < -0.3 is 9.42 Å². The van der Waals surface area contributed by atoms with E-state index < -0.39 is 5.82 Å². The number of carbonyl (C=O) groups is 1. The number of halogens is 2. The van der Waals surface area contributed by atoms with E-state index in [0.717, 1.165) is 0 Å². The molecule has 1 amide bonds. The Morgan fingerprint density at radius 1 is 1.38 bits per heavy atom. The maximum Gasteiger partial charge on any atom is 0.258 e. The predicted molar refractivity (Wildman–Crippen MR) is 88.5 cm³/mol. The number of aromatic nitrogens is 2. The van der Waals surface area contributed by atoms with E-state index in [1.165, 1.54) is 17.0 Å². The first-order valence-corrected chi connectivity index (χ1v) is 7.68. The van der Waals surface area contributed by atoms with Gasteiger partial charge in [0.25, 0.3) is 11.6 Å². The molecule has 0 radical (unpaired) electrons. The number of fused-ring (bicyclic) bond motifs is 1. The molecule has 2 heterocycles. The van der Waals surface area contributed by atoms with Crippen LogP contribution in [-0.4, -0.2) is 28.0 Å². The van der Waals surface area contributed by atoms with Gasteiger partial charge in [0.2, 0.25) is 0 Å². The summed E-state index contributed by atoms with van der Waals surface area (Å²) in [4.78, 5) is 18.5. The SMILES string of the molecule is Cc1cc(C(=O)N(C)Cc2c(F)cccc2Cl)c2c(C)noc2n1. The van der Waals surface area contributed by atoms with E-state index in [2.05, 4.69) is 10.1 Å². The van der Waals surface area contributed by atoms with Crippen molar-refractivity contribution in [2.24, 2.45) is 0 Å². The molecule has 7 heteroatoms. The number of carbonyl (C=O) groups excluding carboxylic acids is 1. The number of nitrogens with zero attached hydrogens (tertiary/aromatic N) is 3. The van der Waals surface area contributed by atoms with E-state index in [1.807, 2.05) is 0 Å². The zero-order chi connectivity index (χ0) is 17.4. The van der Waals surface area contributed by atoms with E-state index in [-0.39, 0.29) is 23.0 Å². The van der Waals surface area contributed by atoms with Crippen LogP contribution in [0.5, 0.6) is 0 Å². The highest BCUT2D eigenvalue weighted by Gasteiger charge is 2.22. The molecule has 2 aromatic heterocycles. The first-order valence-electron chi connectivity index (χ1n) is 7.30. The minimum atomic E-state index is -0.445. The number of aryl methyl sites for hydroxylation is 2. The van der Waals surface area contributed by atoms with Gasteiger partial charge in [0.05, 0.1) is 16.6 Å². The summed E-state index contributed by atoms with van der Waals surface area (Å²) in [5, 5.41) is 4.71. The Morgan fingerprint density at radius 2 is 2.12 bits per heavy atom. The Kier molecular flexibility index (Phi) is 4.24. The maximum atomic E-state index is 14.0. The summed E-state index contributed by atoms with van der Waals surface area (Å²) < 4.78 is 19.1. The highest BCUT2D eigenvalue weighted by atomic mass is 35.5. The quantitative estimate of drug-likeness (QED) is 0.721. The molecule has 1 aromatic carbocycles. The fourth-order valence-corrected chi connectivity index (χ4v) is 2.81. The molecule has 3 rings (SSSR count). The maximum absolute atomic E-state index is 14.0. The number of hydrogen-bond acceptors (Lipinski definition) is 4. The second kappa shape index (κ2) is 6.20. The topological polar surface area (TPSA) is 59.2 Å². The molecule has 0 saturated heterocycles. The molecule has 124 valence electrons. The predicted octanol–water partition coefficient (Wildman–Crippen LogP) is 3.90. The largest absolute Gasteiger partial charge is 0.337 e. The second-order valence-corrected chi connectivity index (χ2v) is 6.03. The summed E-state index contributed by atoms with van der Waals surface area (Å²) in [6.45, 7) is 3.56. The molecule has 0 N–H and O–H groups in total. The molecular formula is C17H15ClFN3O2. The van der Waals surface area contributed by atoms with Crippen LogP contribution in [0.3, 0.4) is 0 Å². The van der Waals surface area contributed by atoms with Gasteiger partial charge in [-0.1, -0.05) is 22.8 Å². The molecule has 0 aliphatic carbocycles. The second-order valence-electron chi connectivity index (χ2n) is 5.62. The van der Waals surface area contributed by atoms with Crippen LogP contribution in [0.2, 0.25) is 5.02 Å². The van der Waals surface area contributed by atoms with Crippen molar-refractivity contribution in [2.75, 3.05) is 7.05 Å². The van der Waals surface area contributed by atoms with Crippen LogP contribution >= 0.6 is 11.6 Å². The van der Waals surface area contributed by atoms with E-state index >= 15 is 0 Å². The Balaban J connectivity index is 1.99. The van der Waals surface area contributed by atoms with E-state index in [1.54, 1.807) is 33.0 Å². The fourth-order valence-electron chi connectivity index (χ4n) is 2.58. The van der Waals surface area contributed by atoms with Crippen molar-refractivity contribution >= 4 is 28.6 Å². The average molecular weight is 348 g/mol. The highest BCUT2D eigenvalue weighted by molar-refractivity contribution is 6.31. The first-order chi connectivity index (χ1) is 11.4. The first kappa shape index (κ1) is 16.4. The third kappa shape index (κ3) is 2.85. The molecule has 0 aliphatic rings. The molecule has 0 atom stereocenters. The molecule has 0 saturated carbocycles. The van der Waals surface area contributed by atoms with Gasteiger partial charge in [0.1, 0.15) is 5.82 Å². The van der Waals surface area contributed by atoms with Crippen LogP contribution in [-0.2, 0) is 6.54 Å². The van der Waals surface area contributed by atoms with Gasteiger partial charge in [-0.15, -0.1) is 0 Å². The van der Waals surface area contributed by atoms with Gasteiger partial charge in [-0.25, -0.2) is 9.37 Å². The normalized spacial score (nSPS) is 11.0. The zero-order valence-corrected chi connectivity index (χ0v) is 14.2. The highest BCUT2D eigenvalue weighted by Crippen LogP contribution is 2.25. The number of hydrogen-bond donors (Lipinski definition) is 0. The van der Waals surface area contributed by atoms with Gasteiger partial charge in [-0.2, -0.15) is 0 Å². The van der Waals surface area contributed by atoms with Crippen LogP contribution in [0.1, 0.15) is 27.3 Å². The lowest BCUT2D eigenvalue weighted by atomic mass is 10.1. The molecule has 0 aliphatic heterocycles. The summed E-state index contributed by atoms with van der Waals surface area (Å²) >= 11 is 6.04. The third-order valence-electron chi connectivity index (χ3n) is 3.78. The lowest BCUT2D eigenvalue weighted by molar-refractivity contribution is 0.0785. The van der Waals surface area contributed by atoms with Crippen LogP contribution < -0.4 is 0 Å². The van der Waals surface area contributed by atoms with Gasteiger partial charge >= 0.3 is 0 Å². The molecule has 3 aromatic rings. The number of rotatable bonds is 3. The van der Waals surface area contributed by atoms with E-state index in [9.17, 15) is 9.18 Å². The minimum Gasteiger partial charge on any atom is -0.337 e. The molecular weight excluding hydrogens is 333 g/mol. The lowest BCUT2D eigenvalue weighted by Gasteiger charge is -2.19. The molecule has 0 bridgehead atoms. The van der Waals surface area contributed by atoms with Crippen molar-refractivity contribution < 1.29 is 13.7 Å². The van der Waals surface area contributed by atoms with Gasteiger partial charge in [-0.05, 0) is 32.0 Å². The molecule has 0 spiro atoms. The molecule has 0 unspecified atom stereocenters. The van der Waals surface area contributed by atoms with Crippen molar-refractivity contribution in [2.45, 2.75) is 20.4 Å². The Bertz CT molecular complexity index is 919. The van der Waals surface area contributed by atoms with Gasteiger partial charge in [0, 0.05) is 29.9 Å². The van der Waals surface area contributed by atoms with Crippen molar-refractivity contribution in [3.05, 3.63) is 57.6 Å². The van der Waals surface area contributed by atoms with Crippen LogP contribution in [0.25, 0.3) is 11.1 Å². The summed E-state index contributed by atoms with van der Waals surface area (Å²) in [5.74, 6) is -0.726. The summed E-state index contributed by atoms with van der Waals surface area (Å²) in [6.07, 6.45) is 0. The van der Waals surface area contributed by atoms with E-state index in [4.69, 9.17) is 16.1 Å². The molecule has 0 fully saturated rings.